The maximum atomic E-state index is 13.6. The Morgan fingerprint density at radius 1 is 1.10 bits per heavy atom. The summed E-state index contributed by atoms with van der Waals surface area (Å²) in [6, 6.07) is 3.29. The molecule has 21 heavy (non-hydrogen) atoms. The zero-order valence-corrected chi connectivity index (χ0v) is 10.4. The molecule has 0 aliphatic heterocycles. The third kappa shape index (κ3) is 3.16. The summed E-state index contributed by atoms with van der Waals surface area (Å²) in [6.07, 6.45) is 0.946. The molecule has 0 unspecified atom stereocenters. The van der Waals surface area contributed by atoms with Gasteiger partial charge in [-0.2, -0.15) is 4.39 Å². The fraction of sp³-hybridized carbons (Fsp3) is 0. The number of nitrogens with one attached hydrogen (secondary N) is 1. The second-order valence-electron chi connectivity index (χ2n) is 4.00. The molecule has 0 spiro atoms. The number of amides is 2. The highest BCUT2D eigenvalue weighted by molar-refractivity contribution is 6.05. The Balaban J connectivity index is 2.30. The quantitative estimate of drug-likeness (QED) is 0.847. The van der Waals surface area contributed by atoms with E-state index in [1.165, 1.54) is 0 Å². The van der Waals surface area contributed by atoms with Crippen LogP contribution in [0.2, 0.25) is 0 Å². The summed E-state index contributed by atoms with van der Waals surface area (Å²) in [6.45, 7) is 0. The Morgan fingerprint density at radius 2 is 1.81 bits per heavy atom. The average molecular weight is 295 g/mol. The summed E-state index contributed by atoms with van der Waals surface area (Å²) in [5.41, 5.74) is 3.89. The molecular formula is C13H8F3N3O2. The highest BCUT2D eigenvalue weighted by Gasteiger charge is 2.16. The van der Waals surface area contributed by atoms with Crippen LogP contribution < -0.4 is 11.1 Å². The molecular weight excluding hydrogens is 287 g/mol. The molecule has 3 N–H and O–H groups in total. The van der Waals surface area contributed by atoms with Crippen molar-refractivity contribution in [1.29, 1.82) is 0 Å². The predicted molar refractivity (Wildman–Crippen MR) is 67.0 cm³/mol. The summed E-state index contributed by atoms with van der Waals surface area (Å²) < 4.78 is 39.5. The Kier molecular flexibility index (Phi) is 3.88. The number of primary amides is 1. The maximum Gasteiger partial charge on any atom is 0.257 e. The third-order valence-electron chi connectivity index (χ3n) is 2.56. The SMILES string of the molecule is NC(=O)c1cc(NC(=O)c2ccc(F)nc2)c(F)cc1F. The standard InChI is InChI=1S/C13H8F3N3O2/c14-8-4-9(15)10(3-7(8)12(17)20)19-13(21)6-1-2-11(16)18-5-6/h1-5H,(H2,17,20)(H,19,21). The number of hydrogen-bond acceptors (Lipinski definition) is 3. The molecule has 0 saturated carbocycles. The summed E-state index contributed by atoms with van der Waals surface area (Å²) in [4.78, 5) is 26.0. The minimum atomic E-state index is -1.14. The van der Waals surface area contributed by atoms with Crippen LogP contribution in [0.3, 0.4) is 0 Å². The Hall–Kier alpha value is -2.90. The lowest BCUT2D eigenvalue weighted by atomic mass is 10.1. The second-order valence-corrected chi connectivity index (χ2v) is 4.00. The Labute approximate surface area is 116 Å². The van der Waals surface area contributed by atoms with Gasteiger partial charge in [-0.3, -0.25) is 9.59 Å². The number of benzene rings is 1. The van der Waals surface area contributed by atoms with Gasteiger partial charge in [-0.05, 0) is 18.2 Å². The van der Waals surface area contributed by atoms with Crippen molar-refractivity contribution in [3.05, 3.63) is 59.2 Å². The number of nitrogens with two attached hydrogens (primary N) is 1. The molecule has 0 bridgehead atoms. The van der Waals surface area contributed by atoms with Crippen molar-refractivity contribution >= 4 is 17.5 Å². The molecule has 0 aliphatic carbocycles. The van der Waals surface area contributed by atoms with Crippen LogP contribution in [0.15, 0.2) is 30.5 Å². The van der Waals surface area contributed by atoms with Crippen LogP contribution in [-0.2, 0) is 0 Å². The molecule has 8 heteroatoms. The number of nitrogens with zero attached hydrogens (tertiary/aromatic N) is 1. The van der Waals surface area contributed by atoms with Crippen molar-refractivity contribution < 1.29 is 22.8 Å². The fourth-order valence-corrected chi connectivity index (χ4v) is 1.54. The molecule has 5 nitrogen and oxygen atoms in total. The molecule has 0 aliphatic rings. The van der Waals surface area contributed by atoms with Crippen LogP contribution in [0.5, 0.6) is 0 Å². The molecule has 2 aromatic rings. The van der Waals surface area contributed by atoms with E-state index in [0.29, 0.717) is 6.07 Å². The highest BCUT2D eigenvalue weighted by Crippen LogP contribution is 2.20. The van der Waals surface area contributed by atoms with Gasteiger partial charge in [0.2, 0.25) is 5.95 Å². The molecule has 0 radical (unpaired) electrons. The normalized spacial score (nSPS) is 10.2. The topological polar surface area (TPSA) is 85.1 Å². The molecule has 108 valence electrons. The molecule has 2 amide bonds. The van der Waals surface area contributed by atoms with E-state index in [0.717, 1.165) is 24.4 Å². The maximum absolute atomic E-state index is 13.6. The van der Waals surface area contributed by atoms with E-state index in [1.807, 2.05) is 0 Å². The number of hydrogen-bond donors (Lipinski definition) is 2. The second kappa shape index (κ2) is 5.61. The summed E-state index contributed by atoms with van der Waals surface area (Å²) in [7, 11) is 0. The average Bonchev–Trinajstić information content (AvgIpc) is 2.42. The predicted octanol–water partition coefficient (Wildman–Crippen LogP) is 1.85. The molecule has 1 heterocycles. The Morgan fingerprint density at radius 3 is 2.38 bits per heavy atom. The van der Waals surface area contributed by atoms with Gasteiger partial charge >= 0.3 is 0 Å². The molecule has 1 aromatic heterocycles. The van der Waals surface area contributed by atoms with Crippen LogP contribution in [0, 0.1) is 17.6 Å². The molecule has 1 aromatic carbocycles. The number of anilines is 1. The molecule has 0 fully saturated rings. The van der Waals surface area contributed by atoms with Gasteiger partial charge < -0.3 is 11.1 Å². The van der Waals surface area contributed by atoms with Crippen molar-refractivity contribution in [2.75, 3.05) is 5.32 Å². The lowest BCUT2D eigenvalue weighted by Crippen LogP contribution is -2.17. The van der Waals surface area contributed by atoms with Crippen LogP contribution in [0.4, 0.5) is 18.9 Å². The zero-order valence-electron chi connectivity index (χ0n) is 10.4. The van der Waals surface area contributed by atoms with Crippen LogP contribution in [-0.4, -0.2) is 16.8 Å². The lowest BCUT2D eigenvalue weighted by molar-refractivity contribution is 0.0992. The third-order valence-corrected chi connectivity index (χ3v) is 2.56. The molecule has 0 saturated heterocycles. The van der Waals surface area contributed by atoms with Crippen LogP contribution in [0.25, 0.3) is 0 Å². The number of carbonyl (C=O) groups excluding carboxylic acids is 2. The van der Waals surface area contributed by atoms with Crippen molar-refractivity contribution in [1.82, 2.24) is 4.98 Å². The van der Waals surface area contributed by atoms with Gasteiger partial charge in [-0.15, -0.1) is 0 Å². The zero-order chi connectivity index (χ0) is 15.6. The van der Waals surface area contributed by atoms with Crippen LogP contribution >= 0.6 is 0 Å². The minimum Gasteiger partial charge on any atom is -0.366 e. The van der Waals surface area contributed by atoms with Gasteiger partial charge in [0.25, 0.3) is 11.8 Å². The van der Waals surface area contributed by atoms with E-state index in [4.69, 9.17) is 5.73 Å². The number of rotatable bonds is 3. The van der Waals surface area contributed by atoms with E-state index in [1.54, 1.807) is 0 Å². The van der Waals surface area contributed by atoms with E-state index < -0.39 is 40.6 Å². The number of carbonyl (C=O) groups is 2. The summed E-state index contributed by atoms with van der Waals surface area (Å²) >= 11 is 0. The number of aromatic nitrogens is 1. The first-order valence-electron chi connectivity index (χ1n) is 5.60. The first-order chi connectivity index (χ1) is 9.88. The van der Waals surface area contributed by atoms with Crippen molar-refractivity contribution in [2.24, 2.45) is 5.73 Å². The monoisotopic (exact) mass is 295 g/mol. The van der Waals surface area contributed by atoms with Crippen molar-refractivity contribution in [3.8, 4) is 0 Å². The first-order valence-corrected chi connectivity index (χ1v) is 5.60. The first kappa shape index (κ1) is 14.5. The smallest absolute Gasteiger partial charge is 0.257 e. The van der Waals surface area contributed by atoms with E-state index in [9.17, 15) is 22.8 Å². The van der Waals surface area contributed by atoms with Crippen molar-refractivity contribution in [3.63, 3.8) is 0 Å². The lowest BCUT2D eigenvalue weighted by Gasteiger charge is -2.08. The van der Waals surface area contributed by atoms with Gasteiger partial charge in [0.1, 0.15) is 11.6 Å². The van der Waals surface area contributed by atoms with Gasteiger partial charge in [-0.1, -0.05) is 0 Å². The van der Waals surface area contributed by atoms with Crippen LogP contribution in [0.1, 0.15) is 20.7 Å². The Bertz CT molecular complexity index is 717. The largest absolute Gasteiger partial charge is 0.366 e. The van der Waals surface area contributed by atoms with Gasteiger partial charge in [0, 0.05) is 12.3 Å². The fourth-order valence-electron chi connectivity index (χ4n) is 1.54. The van der Waals surface area contributed by atoms with E-state index in [-0.39, 0.29) is 5.56 Å². The highest BCUT2D eigenvalue weighted by atomic mass is 19.1. The van der Waals surface area contributed by atoms with Gasteiger partial charge in [-0.25, -0.2) is 13.8 Å². The number of halogens is 3. The van der Waals surface area contributed by atoms with E-state index >= 15 is 0 Å². The van der Waals surface area contributed by atoms with E-state index in [2.05, 4.69) is 10.3 Å². The van der Waals surface area contributed by atoms with Gasteiger partial charge in [0.05, 0.1) is 16.8 Å². The van der Waals surface area contributed by atoms with Gasteiger partial charge in [0.15, 0.2) is 0 Å². The minimum absolute atomic E-state index is 0.0410. The summed E-state index contributed by atoms with van der Waals surface area (Å²) in [5.74, 6) is -4.91. The number of pyridine rings is 1. The summed E-state index contributed by atoms with van der Waals surface area (Å²) in [5, 5.41) is 2.12. The molecule has 0 atom stereocenters. The molecule has 2 rings (SSSR count). The van der Waals surface area contributed by atoms with Crippen molar-refractivity contribution in [2.45, 2.75) is 0 Å².